The Balaban J connectivity index is 1.69. The van der Waals surface area contributed by atoms with Gasteiger partial charge in [0, 0.05) is 42.9 Å². The lowest BCUT2D eigenvalue weighted by atomic mass is 9.92. The van der Waals surface area contributed by atoms with Crippen LogP contribution in [-0.4, -0.2) is 52.9 Å². The van der Waals surface area contributed by atoms with Gasteiger partial charge in [0.1, 0.15) is 42.3 Å². The van der Waals surface area contributed by atoms with Gasteiger partial charge >= 0.3 is 0 Å². The van der Waals surface area contributed by atoms with E-state index in [1.807, 2.05) is 24.3 Å². The van der Waals surface area contributed by atoms with E-state index >= 15 is 0 Å². The molecule has 1 aliphatic heterocycles. The first-order valence-electron chi connectivity index (χ1n) is 15.0. The predicted octanol–water partition coefficient (Wildman–Crippen LogP) is 7.35. The van der Waals surface area contributed by atoms with Crippen LogP contribution in [0.15, 0.2) is 60.7 Å². The Bertz CT molecular complexity index is 1650. The third-order valence-corrected chi connectivity index (χ3v) is 7.42. The van der Waals surface area contributed by atoms with Crippen molar-refractivity contribution in [3.05, 3.63) is 67.6 Å². The zero-order valence-corrected chi connectivity index (χ0v) is 25.5. The molecule has 0 bridgehead atoms. The lowest BCUT2D eigenvalue weighted by Crippen LogP contribution is -2.10. The van der Waals surface area contributed by atoms with Crippen molar-refractivity contribution in [3.63, 3.8) is 0 Å². The second-order valence-electron chi connectivity index (χ2n) is 11.2. The van der Waals surface area contributed by atoms with Gasteiger partial charge in [0.05, 0.1) is 26.4 Å². The van der Waals surface area contributed by atoms with E-state index in [2.05, 4.69) is 62.1 Å². The number of rotatable bonds is 16. The van der Waals surface area contributed by atoms with E-state index < -0.39 is 0 Å². The summed E-state index contributed by atoms with van der Waals surface area (Å²) in [6.07, 6.45) is 12.3. The van der Waals surface area contributed by atoms with Gasteiger partial charge in [-0.15, -0.1) is 24.7 Å². The van der Waals surface area contributed by atoms with Crippen LogP contribution < -0.4 is 18.9 Å². The molecule has 0 spiro atoms. The molecule has 5 rings (SSSR count). The SMILES string of the molecule is C#CCC([CH2])COc1ccc2ccc(OCC(C)CC#C)c(-c3c(OCC4CO4)ccc4ccc(OCCOC)cc34)c2c1. The van der Waals surface area contributed by atoms with Crippen LogP contribution in [0.3, 0.4) is 0 Å². The van der Waals surface area contributed by atoms with Crippen LogP contribution >= 0.6 is 0 Å². The molecule has 0 saturated carbocycles. The highest BCUT2D eigenvalue weighted by Crippen LogP contribution is 2.47. The molecule has 6 nitrogen and oxygen atoms in total. The van der Waals surface area contributed by atoms with Crippen LogP contribution in [-0.2, 0) is 9.47 Å². The van der Waals surface area contributed by atoms with Crippen LogP contribution in [0, 0.1) is 43.4 Å². The van der Waals surface area contributed by atoms with Crippen molar-refractivity contribution in [2.75, 3.05) is 46.8 Å². The number of epoxide rings is 1. The minimum atomic E-state index is -0.0123. The van der Waals surface area contributed by atoms with Crippen molar-refractivity contribution in [1.82, 2.24) is 0 Å². The summed E-state index contributed by atoms with van der Waals surface area (Å²) in [5.41, 5.74) is 1.81. The lowest BCUT2D eigenvalue weighted by molar-refractivity contribution is 0.146. The van der Waals surface area contributed by atoms with Crippen molar-refractivity contribution >= 4 is 21.5 Å². The molecule has 1 heterocycles. The second kappa shape index (κ2) is 14.9. The molecule has 4 aromatic rings. The molecule has 3 atom stereocenters. The third kappa shape index (κ3) is 7.77. The predicted molar refractivity (Wildman–Crippen MR) is 175 cm³/mol. The average molecular weight is 592 g/mol. The van der Waals surface area contributed by atoms with Crippen LogP contribution in [0.25, 0.3) is 32.7 Å². The Morgan fingerprint density at radius 2 is 1.39 bits per heavy atom. The molecule has 0 N–H and O–H groups in total. The van der Waals surface area contributed by atoms with E-state index in [0.29, 0.717) is 52.5 Å². The molecule has 4 aromatic carbocycles. The fourth-order valence-corrected chi connectivity index (χ4v) is 5.02. The van der Waals surface area contributed by atoms with E-state index in [-0.39, 0.29) is 17.9 Å². The zero-order valence-electron chi connectivity index (χ0n) is 25.5. The average Bonchev–Trinajstić information content (AvgIpc) is 3.86. The molecular weight excluding hydrogens is 552 g/mol. The molecule has 3 unspecified atom stereocenters. The maximum atomic E-state index is 6.54. The van der Waals surface area contributed by atoms with E-state index in [0.717, 1.165) is 55.7 Å². The van der Waals surface area contributed by atoms with E-state index in [9.17, 15) is 0 Å². The standard InChI is InChI=1S/C38H39O6/c1-6-8-26(3)22-41-31-15-11-29-12-16-35(43-23-27(4)9-7-2)37(34(29)21-31)38-33-20-30(40-19-18-39-5)14-10-28(33)13-17-36(38)44-25-32-24-42-32/h1-2,10-17,20-21,26-27,32H,3,8-9,18-19,22-25H2,4-5H3. The molecule has 6 heteroatoms. The molecule has 0 aromatic heterocycles. The Labute approximate surface area is 260 Å². The van der Waals surface area contributed by atoms with Gasteiger partial charge < -0.3 is 28.4 Å². The molecule has 0 aliphatic carbocycles. The number of ether oxygens (including phenoxy) is 6. The number of hydrogen-bond donors (Lipinski definition) is 0. The maximum Gasteiger partial charge on any atom is 0.128 e. The first-order chi connectivity index (χ1) is 21.5. The van der Waals surface area contributed by atoms with Gasteiger partial charge in [-0.3, -0.25) is 0 Å². The Hall–Kier alpha value is -4.36. The summed E-state index contributed by atoms with van der Waals surface area (Å²) < 4.78 is 35.8. The van der Waals surface area contributed by atoms with E-state index in [1.165, 1.54) is 0 Å². The monoisotopic (exact) mass is 591 g/mol. The smallest absolute Gasteiger partial charge is 0.128 e. The highest BCUT2D eigenvalue weighted by Gasteiger charge is 2.26. The minimum Gasteiger partial charge on any atom is -0.493 e. The van der Waals surface area contributed by atoms with Gasteiger partial charge in [-0.25, -0.2) is 0 Å². The number of methoxy groups -OCH3 is 1. The summed E-state index contributed by atoms with van der Waals surface area (Å²) in [4.78, 5) is 0. The van der Waals surface area contributed by atoms with Crippen molar-refractivity contribution in [2.45, 2.75) is 25.9 Å². The summed E-state index contributed by atoms with van der Waals surface area (Å²) in [6.45, 7) is 9.17. The van der Waals surface area contributed by atoms with Crippen molar-refractivity contribution in [2.24, 2.45) is 11.8 Å². The third-order valence-electron chi connectivity index (χ3n) is 7.42. The molecule has 1 aliphatic rings. The molecule has 227 valence electrons. The zero-order chi connectivity index (χ0) is 30.9. The number of fused-ring (bicyclic) bond motifs is 2. The Kier molecular flexibility index (Phi) is 10.5. The summed E-state index contributed by atoms with van der Waals surface area (Å²) in [5, 5.41) is 4.01. The van der Waals surface area contributed by atoms with Gasteiger partial charge in [-0.05, 0) is 64.9 Å². The van der Waals surface area contributed by atoms with E-state index in [4.69, 9.17) is 41.3 Å². The van der Waals surface area contributed by atoms with Gasteiger partial charge in [0.15, 0.2) is 0 Å². The number of benzene rings is 4. The van der Waals surface area contributed by atoms with Crippen molar-refractivity contribution < 1.29 is 28.4 Å². The Morgan fingerprint density at radius 1 is 0.795 bits per heavy atom. The summed E-state index contributed by atoms with van der Waals surface area (Å²) in [7, 11) is 1.66. The summed E-state index contributed by atoms with van der Waals surface area (Å²) in [5.74, 6) is 8.49. The molecule has 44 heavy (non-hydrogen) atoms. The molecule has 0 amide bonds. The van der Waals surface area contributed by atoms with Gasteiger partial charge in [0.2, 0.25) is 0 Å². The molecule has 1 fully saturated rings. The van der Waals surface area contributed by atoms with Crippen LogP contribution in [0.5, 0.6) is 23.0 Å². The van der Waals surface area contributed by atoms with Gasteiger partial charge in [-0.1, -0.05) is 31.2 Å². The van der Waals surface area contributed by atoms with E-state index in [1.54, 1.807) is 7.11 Å². The highest BCUT2D eigenvalue weighted by atomic mass is 16.6. The summed E-state index contributed by atoms with van der Waals surface area (Å²) >= 11 is 0. The lowest BCUT2D eigenvalue weighted by Gasteiger charge is -2.21. The number of terminal acetylenes is 2. The van der Waals surface area contributed by atoms with Crippen LogP contribution in [0.1, 0.15) is 19.8 Å². The van der Waals surface area contributed by atoms with Crippen molar-refractivity contribution in [3.8, 4) is 58.8 Å². The normalized spacial score (nSPS) is 15.2. The van der Waals surface area contributed by atoms with Crippen molar-refractivity contribution in [1.29, 1.82) is 0 Å². The molecule has 1 saturated heterocycles. The largest absolute Gasteiger partial charge is 0.493 e. The molecule has 1 radical (unpaired) electrons. The van der Waals surface area contributed by atoms with Crippen LogP contribution in [0.4, 0.5) is 0 Å². The van der Waals surface area contributed by atoms with Gasteiger partial charge in [0.25, 0.3) is 0 Å². The van der Waals surface area contributed by atoms with Gasteiger partial charge in [-0.2, -0.15) is 0 Å². The quantitative estimate of drug-likeness (QED) is 0.0771. The van der Waals surface area contributed by atoms with Crippen LogP contribution in [0.2, 0.25) is 0 Å². The molecular formula is C38H39O6. The minimum absolute atomic E-state index is 0.0123. The first-order valence-corrected chi connectivity index (χ1v) is 15.0. The highest BCUT2D eigenvalue weighted by molar-refractivity contribution is 6.10. The fourth-order valence-electron chi connectivity index (χ4n) is 5.02. The first kappa shape index (κ1) is 31.1. The Morgan fingerprint density at radius 3 is 1.98 bits per heavy atom. The fraction of sp³-hybridized carbons (Fsp3) is 0.342. The maximum absolute atomic E-state index is 6.54. The summed E-state index contributed by atoms with van der Waals surface area (Å²) in [6, 6.07) is 20.3. The number of hydrogen-bond acceptors (Lipinski definition) is 6. The topological polar surface area (TPSA) is 58.7 Å². The second-order valence-corrected chi connectivity index (χ2v) is 11.2.